The first-order valence-electron chi connectivity index (χ1n) is 5.54. The Morgan fingerprint density at radius 2 is 2.43 bits per heavy atom. The second-order valence-electron chi connectivity index (χ2n) is 3.66. The third-order valence-corrected chi connectivity index (χ3v) is 2.46. The van der Waals surface area contributed by atoms with Gasteiger partial charge in [-0.05, 0) is 39.0 Å². The molecule has 0 aromatic carbocycles. The summed E-state index contributed by atoms with van der Waals surface area (Å²) in [7, 11) is 0. The van der Waals surface area contributed by atoms with Gasteiger partial charge in [-0.3, -0.25) is 4.99 Å². The monoisotopic (exact) mass is 195 g/mol. The molecule has 0 fully saturated rings. The first-order valence-corrected chi connectivity index (χ1v) is 5.54. The summed E-state index contributed by atoms with van der Waals surface area (Å²) in [6, 6.07) is 0. The minimum Gasteiger partial charge on any atom is -0.370 e. The number of rotatable bonds is 4. The number of allylic oxidation sites excluding steroid dienone is 1. The van der Waals surface area contributed by atoms with Crippen LogP contribution in [0.15, 0.2) is 16.6 Å². The van der Waals surface area contributed by atoms with Crippen molar-refractivity contribution in [2.45, 2.75) is 39.0 Å². The van der Waals surface area contributed by atoms with E-state index in [0.29, 0.717) is 5.96 Å². The van der Waals surface area contributed by atoms with Gasteiger partial charge in [-0.15, -0.1) is 0 Å². The molecule has 0 spiro atoms. The molecule has 0 bridgehead atoms. The minimum absolute atomic E-state index is 0.573. The van der Waals surface area contributed by atoms with Crippen molar-refractivity contribution in [1.82, 2.24) is 5.32 Å². The van der Waals surface area contributed by atoms with Crippen LogP contribution >= 0.6 is 0 Å². The molecule has 0 saturated carbocycles. The van der Waals surface area contributed by atoms with E-state index in [0.717, 1.165) is 19.5 Å². The molecular formula is C11H21N3. The van der Waals surface area contributed by atoms with E-state index in [1.165, 1.54) is 25.7 Å². The molecule has 3 N–H and O–H groups in total. The number of hydrogen-bond donors (Lipinski definition) is 2. The summed E-state index contributed by atoms with van der Waals surface area (Å²) in [5, 5.41) is 2.99. The lowest BCUT2D eigenvalue weighted by Gasteiger charge is -2.11. The fourth-order valence-electron chi connectivity index (χ4n) is 1.69. The van der Waals surface area contributed by atoms with Gasteiger partial charge >= 0.3 is 0 Å². The van der Waals surface area contributed by atoms with Crippen LogP contribution in [0.25, 0.3) is 0 Å². The van der Waals surface area contributed by atoms with Crippen LogP contribution in [0.3, 0.4) is 0 Å². The average Bonchev–Trinajstić information content (AvgIpc) is 2.20. The van der Waals surface area contributed by atoms with Crippen LogP contribution in [-0.2, 0) is 0 Å². The van der Waals surface area contributed by atoms with Crippen LogP contribution in [0.5, 0.6) is 0 Å². The van der Waals surface area contributed by atoms with Crippen molar-refractivity contribution in [3.05, 3.63) is 11.6 Å². The number of nitrogens with zero attached hydrogens (tertiary/aromatic N) is 1. The van der Waals surface area contributed by atoms with Crippen LogP contribution < -0.4 is 11.1 Å². The van der Waals surface area contributed by atoms with Gasteiger partial charge in [0.25, 0.3) is 0 Å². The molecule has 1 rings (SSSR count). The van der Waals surface area contributed by atoms with E-state index in [1.54, 1.807) is 5.57 Å². The van der Waals surface area contributed by atoms with E-state index in [2.05, 4.69) is 16.4 Å². The van der Waals surface area contributed by atoms with Gasteiger partial charge in [0.2, 0.25) is 0 Å². The maximum absolute atomic E-state index is 5.62. The molecule has 0 unspecified atom stereocenters. The minimum atomic E-state index is 0.573. The van der Waals surface area contributed by atoms with Crippen molar-refractivity contribution >= 4 is 5.96 Å². The van der Waals surface area contributed by atoms with E-state index in [-0.39, 0.29) is 0 Å². The van der Waals surface area contributed by atoms with E-state index < -0.39 is 0 Å². The van der Waals surface area contributed by atoms with Crippen molar-refractivity contribution in [2.75, 3.05) is 13.1 Å². The third kappa shape index (κ3) is 4.30. The van der Waals surface area contributed by atoms with Crippen LogP contribution in [0.2, 0.25) is 0 Å². The average molecular weight is 195 g/mol. The first kappa shape index (κ1) is 11.1. The second-order valence-corrected chi connectivity index (χ2v) is 3.66. The zero-order valence-electron chi connectivity index (χ0n) is 9.05. The molecule has 0 heterocycles. The van der Waals surface area contributed by atoms with E-state index in [9.17, 15) is 0 Å². The topological polar surface area (TPSA) is 50.4 Å². The van der Waals surface area contributed by atoms with Crippen molar-refractivity contribution in [3.63, 3.8) is 0 Å². The van der Waals surface area contributed by atoms with Gasteiger partial charge < -0.3 is 11.1 Å². The highest BCUT2D eigenvalue weighted by Gasteiger charge is 2.02. The SMILES string of the molecule is CCNC(N)=NCCC1=CCCCC1. The van der Waals surface area contributed by atoms with E-state index in [1.807, 2.05) is 6.92 Å². The molecule has 0 radical (unpaired) electrons. The molecule has 0 aliphatic heterocycles. The second kappa shape index (κ2) is 6.46. The summed E-state index contributed by atoms with van der Waals surface area (Å²) in [6.07, 6.45) is 8.65. The maximum Gasteiger partial charge on any atom is 0.188 e. The Morgan fingerprint density at radius 1 is 1.57 bits per heavy atom. The highest BCUT2D eigenvalue weighted by Crippen LogP contribution is 2.19. The number of guanidine groups is 1. The van der Waals surface area contributed by atoms with Gasteiger partial charge in [0.05, 0.1) is 0 Å². The van der Waals surface area contributed by atoms with Crippen LogP contribution in [-0.4, -0.2) is 19.0 Å². The molecule has 80 valence electrons. The Morgan fingerprint density at radius 3 is 3.07 bits per heavy atom. The summed E-state index contributed by atoms with van der Waals surface area (Å²) in [6.45, 7) is 3.69. The summed E-state index contributed by atoms with van der Waals surface area (Å²) in [4.78, 5) is 4.25. The Balaban J connectivity index is 2.19. The van der Waals surface area contributed by atoms with Gasteiger partial charge in [-0.25, -0.2) is 0 Å². The third-order valence-electron chi connectivity index (χ3n) is 2.46. The van der Waals surface area contributed by atoms with Gasteiger partial charge in [0.15, 0.2) is 5.96 Å². The molecule has 14 heavy (non-hydrogen) atoms. The summed E-state index contributed by atoms with van der Waals surface area (Å²) < 4.78 is 0. The van der Waals surface area contributed by atoms with Crippen LogP contribution in [0.1, 0.15) is 39.0 Å². The molecule has 0 aromatic heterocycles. The molecule has 0 saturated heterocycles. The molecule has 3 nitrogen and oxygen atoms in total. The van der Waals surface area contributed by atoms with Crippen molar-refractivity contribution in [2.24, 2.45) is 10.7 Å². The molecule has 3 heteroatoms. The summed E-state index contributed by atoms with van der Waals surface area (Å²) in [5.41, 5.74) is 7.18. The zero-order valence-corrected chi connectivity index (χ0v) is 9.05. The van der Waals surface area contributed by atoms with E-state index in [4.69, 9.17) is 5.73 Å². The molecule has 0 amide bonds. The smallest absolute Gasteiger partial charge is 0.188 e. The van der Waals surface area contributed by atoms with Gasteiger partial charge in [-0.1, -0.05) is 11.6 Å². The largest absolute Gasteiger partial charge is 0.370 e. The van der Waals surface area contributed by atoms with Crippen molar-refractivity contribution < 1.29 is 0 Å². The van der Waals surface area contributed by atoms with Crippen molar-refractivity contribution in [1.29, 1.82) is 0 Å². The summed E-state index contributed by atoms with van der Waals surface area (Å²) >= 11 is 0. The normalized spacial score (nSPS) is 17.8. The highest BCUT2D eigenvalue weighted by atomic mass is 15.1. The quantitative estimate of drug-likeness (QED) is 0.408. The van der Waals surface area contributed by atoms with Crippen LogP contribution in [0.4, 0.5) is 0 Å². The maximum atomic E-state index is 5.62. The lowest BCUT2D eigenvalue weighted by molar-refractivity contribution is 0.676. The Hall–Kier alpha value is -0.990. The highest BCUT2D eigenvalue weighted by molar-refractivity contribution is 5.77. The number of aliphatic imine (C=N–C) groups is 1. The fraction of sp³-hybridized carbons (Fsp3) is 0.727. The van der Waals surface area contributed by atoms with Gasteiger partial charge in [0.1, 0.15) is 0 Å². The van der Waals surface area contributed by atoms with Gasteiger partial charge in [0, 0.05) is 13.1 Å². The lowest BCUT2D eigenvalue weighted by Crippen LogP contribution is -2.31. The standard InChI is InChI=1S/C11H21N3/c1-2-13-11(12)14-9-8-10-6-4-3-5-7-10/h6H,2-5,7-9H2,1H3,(H3,12,13,14). The lowest BCUT2D eigenvalue weighted by atomic mass is 9.97. The first-order chi connectivity index (χ1) is 6.83. The number of nitrogens with two attached hydrogens (primary N) is 1. The summed E-state index contributed by atoms with van der Waals surface area (Å²) in [5.74, 6) is 0.573. The van der Waals surface area contributed by atoms with Crippen molar-refractivity contribution in [3.8, 4) is 0 Å². The fourth-order valence-corrected chi connectivity index (χ4v) is 1.69. The molecule has 1 aliphatic carbocycles. The Bertz CT molecular complexity index is 219. The predicted molar refractivity (Wildman–Crippen MR) is 61.3 cm³/mol. The molecule has 1 aliphatic rings. The molecular weight excluding hydrogens is 174 g/mol. The Kier molecular flexibility index (Phi) is 5.12. The van der Waals surface area contributed by atoms with Gasteiger partial charge in [-0.2, -0.15) is 0 Å². The van der Waals surface area contributed by atoms with E-state index >= 15 is 0 Å². The molecule has 0 atom stereocenters. The zero-order chi connectivity index (χ0) is 10.2. The predicted octanol–water partition coefficient (Wildman–Crippen LogP) is 1.80. The van der Waals surface area contributed by atoms with Crippen LogP contribution in [0, 0.1) is 0 Å². The number of nitrogens with one attached hydrogen (secondary N) is 1. The molecule has 0 aromatic rings. The number of hydrogen-bond acceptors (Lipinski definition) is 1. The Labute approximate surface area is 86.5 Å².